The van der Waals surface area contributed by atoms with E-state index in [1.54, 1.807) is 20.3 Å². The maximum Gasteiger partial charge on any atom is 0.264 e. The van der Waals surface area contributed by atoms with E-state index in [2.05, 4.69) is 32.9 Å². The zero-order chi connectivity index (χ0) is 17.8. The molecule has 1 saturated heterocycles. The number of para-hydroxylation sites is 1. The van der Waals surface area contributed by atoms with Gasteiger partial charge in [-0.05, 0) is 70.3 Å². The number of carbonyl (C=O) groups is 1. The van der Waals surface area contributed by atoms with Gasteiger partial charge in [-0.1, -0.05) is 18.2 Å². The first kappa shape index (κ1) is 17.8. The average Bonchev–Trinajstić information content (AvgIpc) is 2.96. The van der Waals surface area contributed by atoms with E-state index in [1.165, 1.54) is 11.8 Å². The molecule has 25 heavy (non-hydrogen) atoms. The Morgan fingerprint density at radius 1 is 1.12 bits per heavy atom. The summed E-state index contributed by atoms with van der Waals surface area (Å²) in [5.74, 6) is 1.10. The maximum absolute atomic E-state index is 12.2. The van der Waals surface area contributed by atoms with Crippen molar-refractivity contribution < 1.29 is 14.3 Å². The van der Waals surface area contributed by atoms with E-state index in [4.69, 9.17) is 9.47 Å². The summed E-state index contributed by atoms with van der Waals surface area (Å²) in [6, 6.07) is 13.3. The van der Waals surface area contributed by atoms with Gasteiger partial charge in [-0.3, -0.25) is 4.79 Å². The summed E-state index contributed by atoms with van der Waals surface area (Å²) in [5, 5.41) is 3.37. The molecular formula is C18H15IN2O3S. The number of rotatable bonds is 4. The minimum atomic E-state index is -0.163. The van der Waals surface area contributed by atoms with Gasteiger partial charge in [-0.25, -0.2) is 4.99 Å². The highest BCUT2D eigenvalue weighted by Gasteiger charge is 2.24. The normalized spacial score (nSPS) is 17.0. The Morgan fingerprint density at radius 2 is 1.88 bits per heavy atom. The average molecular weight is 466 g/mol. The van der Waals surface area contributed by atoms with Crippen molar-refractivity contribution in [3.8, 4) is 11.5 Å². The summed E-state index contributed by atoms with van der Waals surface area (Å²) in [6.07, 6.45) is 1.81. The number of methoxy groups -OCH3 is 2. The Labute approximate surface area is 163 Å². The monoisotopic (exact) mass is 466 g/mol. The van der Waals surface area contributed by atoms with Gasteiger partial charge in [0, 0.05) is 3.57 Å². The first-order valence-electron chi connectivity index (χ1n) is 7.37. The molecule has 0 saturated carbocycles. The Bertz CT molecular complexity index is 880. The number of thioether (sulfide) groups is 1. The molecule has 0 aliphatic carbocycles. The quantitative estimate of drug-likeness (QED) is 0.542. The zero-order valence-electron chi connectivity index (χ0n) is 13.6. The van der Waals surface area contributed by atoms with E-state index < -0.39 is 0 Å². The number of nitrogens with zero attached hydrogens (tertiary/aromatic N) is 1. The second-order valence-corrected chi connectivity index (χ2v) is 7.24. The lowest BCUT2D eigenvalue weighted by atomic mass is 10.2. The molecular weight excluding hydrogens is 451 g/mol. The van der Waals surface area contributed by atoms with Crippen molar-refractivity contribution in [2.75, 3.05) is 14.2 Å². The van der Waals surface area contributed by atoms with E-state index in [9.17, 15) is 4.79 Å². The summed E-state index contributed by atoms with van der Waals surface area (Å²) < 4.78 is 11.5. The van der Waals surface area contributed by atoms with Crippen molar-refractivity contribution in [2.24, 2.45) is 4.99 Å². The molecule has 1 fully saturated rings. The summed E-state index contributed by atoms with van der Waals surface area (Å²) >= 11 is 3.54. The van der Waals surface area contributed by atoms with E-state index in [0.29, 0.717) is 21.6 Å². The van der Waals surface area contributed by atoms with Crippen molar-refractivity contribution >= 4 is 57.2 Å². The van der Waals surface area contributed by atoms with Crippen LogP contribution in [0, 0.1) is 3.57 Å². The third kappa shape index (κ3) is 4.16. The highest BCUT2D eigenvalue weighted by molar-refractivity contribution is 14.1. The molecule has 0 bridgehead atoms. The Morgan fingerprint density at radius 3 is 2.60 bits per heavy atom. The Balaban J connectivity index is 1.86. The fourth-order valence-corrected chi connectivity index (χ4v) is 3.57. The van der Waals surface area contributed by atoms with Crippen molar-refractivity contribution in [2.45, 2.75) is 0 Å². The molecule has 0 aromatic heterocycles. The lowest BCUT2D eigenvalue weighted by Crippen LogP contribution is -2.19. The van der Waals surface area contributed by atoms with Crippen molar-refractivity contribution in [1.82, 2.24) is 5.32 Å². The fourth-order valence-electron chi connectivity index (χ4n) is 2.23. The number of hydrogen-bond donors (Lipinski definition) is 1. The van der Waals surface area contributed by atoms with Gasteiger partial charge in [-0.2, -0.15) is 0 Å². The summed E-state index contributed by atoms with van der Waals surface area (Å²) in [6.45, 7) is 0. The molecule has 0 radical (unpaired) electrons. The van der Waals surface area contributed by atoms with Crippen LogP contribution in [0.5, 0.6) is 11.5 Å². The highest BCUT2D eigenvalue weighted by atomic mass is 127. The number of halogens is 1. The lowest BCUT2D eigenvalue weighted by Gasteiger charge is -2.07. The fraction of sp³-hybridized carbons (Fsp3) is 0.111. The molecule has 3 rings (SSSR count). The van der Waals surface area contributed by atoms with Crippen LogP contribution >= 0.6 is 34.4 Å². The lowest BCUT2D eigenvalue weighted by molar-refractivity contribution is -0.115. The van der Waals surface area contributed by atoms with Gasteiger partial charge in [0.1, 0.15) is 0 Å². The molecule has 1 heterocycles. The summed E-state index contributed by atoms with van der Waals surface area (Å²) in [5.41, 5.74) is 1.68. The molecule has 1 aliphatic heterocycles. The van der Waals surface area contributed by atoms with E-state index in [0.717, 1.165) is 14.8 Å². The van der Waals surface area contributed by atoms with Crippen LogP contribution in [0.15, 0.2) is 52.4 Å². The largest absolute Gasteiger partial charge is 0.493 e. The van der Waals surface area contributed by atoms with Crippen molar-refractivity contribution in [3.63, 3.8) is 0 Å². The third-order valence-electron chi connectivity index (χ3n) is 3.43. The van der Waals surface area contributed by atoms with Crippen LogP contribution in [-0.2, 0) is 4.79 Å². The number of carbonyl (C=O) groups excluding carboxylic acids is 1. The highest BCUT2D eigenvalue weighted by Crippen LogP contribution is 2.32. The molecule has 2 aromatic carbocycles. The molecule has 7 heteroatoms. The van der Waals surface area contributed by atoms with Gasteiger partial charge in [0.05, 0.1) is 24.8 Å². The molecule has 0 atom stereocenters. The van der Waals surface area contributed by atoms with Gasteiger partial charge in [0.25, 0.3) is 5.91 Å². The molecule has 2 aromatic rings. The smallest absolute Gasteiger partial charge is 0.264 e. The van der Waals surface area contributed by atoms with Crippen LogP contribution in [0.1, 0.15) is 5.56 Å². The molecule has 5 nitrogen and oxygen atoms in total. The number of ether oxygens (including phenoxy) is 2. The number of hydrogen-bond acceptors (Lipinski definition) is 5. The van der Waals surface area contributed by atoms with Gasteiger partial charge in [0.15, 0.2) is 16.7 Å². The Kier molecular flexibility index (Phi) is 5.64. The number of benzene rings is 2. The van der Waals surface area contributed by atoms with Crippen molar-refractivity contribution in [1.29, 1.82) is 0 Å². The third-order valence-corrected chi connectivity index (χ3v) is 5.25. The van der Waals surface area contributed by atoms with Crippen LogP contribution in [0.25, 0.3) is 6.08 Å². The summed E-state index contributed by atoms with van der Waals surface area (Å²) in [7, 11) is 3.17. The number of nitrogens with one attached hydrogen (secondary N) is 1. The maximum atomic E-state index is 12.2. The van der Waals surface area contributed by atoms with Gasteiger partial charge in [0.2, 0.25) is 0 Å². The topological polar surface area (TPSA) is 59.9 Å². The number of aliphatic imine (C=N–C) groups is 1. The van der Waals surface area contributed by atoms with Crippen LogP contribution in [-0.4, -0.2) is 25.3 Å². The van der Waals surface area contributed by atoms with Crippen LogP contribution in [0.3, 0.4) is 0 Å². The second kappa shape index (κ2) is 7.92. The van der Waals surface area contributed by atoms with E-state index in [-0.39, 0.29) is 5.91 Å². The molecule has 1 amide bonds. The van der Waals surface area contributed by atoms with Crippen molar-refractivity contribution in [3.05, 3.63) is 56.5 Å². The predicted octanol–water partition coefficient (Wildman–Crippen LogP) is 4.20. The Hall–Kier alpha value is -2.00. The van der Waals surface area contributed by atoms with E-state index in [1.807, 2.05) is 42.5 Å². The predicted molar refractivity (Wildman–Crippen MR) is 110 cm³/mol. The van der Waals surface area contributed by atoms with E-state index >= 15 is 0 Å². The molecule has 0 unspecified atom stereocenters. The van der Waals surface area contributed by atoms with Gasteiger partial charge >= 0.3 is 0 Å². The minimum Gasteiger partial charge on any atom is -0.493 e. The standard InChI is InChI=1S/C18H15IN2O3S/c1-23-14-8-7-11(9-15(14)24-2)10-16-17(22)21-18(25-16)20-13-6-4-3-5-12(13)19/h3-10H,1-2H3,(H,20,21,22)/b16-10+. The van der Waals surface area contributed by atoms with Crippen LogP contribution in [0.4, 0.5) is 5.69 Å². The van der Waals surface area contributed by atoms with Gasteiger partial charge < -0.3 is 14.8 Å². The zero-order valence-corrected chi connectivity index (χ0v) is 16.6. The number of amides is 1. The molecule has 1 aliphatic rings. The molecule has 0 spiro atoms. The molecule has 128 valence electrons. The van der Waals surface area contributed by atoms with Gasteiger partial charge in [-0.15, -0.1) is 0 Å². The first-order valence-corrected chi connectivity index (χ1v) is 9.26. The summed E-state index contributed by atoms with van der Waals surface area (Å²) in [4.78, 5) is 17.3. The number of amidine groups is 1. The molecule has 1 N–H and O–H groups in total. The SMILES string of the molecule is COc1ccc(/C=C2/SC(=Nc3ccccc3I)NC2=O)cc1OC. The van der Waals surface area contributed by atoms with Crippen LogP contribution in [0.2, 0.25) is 0 Å². The minimum absolute atomic E-state index is 0.163. The second-order valence-electron chi connectivity index (χ2n) is 5.05. The first-order chi connectivity index (χ1) is 12.1. The van der Waals surface area contributed by atoms with Crippen LogP contribution < -0.4 is 14.8 Å².